The van der Waals surface area contributed by atoms with Crippen molar-refractivity contribution in [3.8, 4) is 0 Å². The number of nitrogens with zero attached hydrogens (tertiary/aromatic N) is 1. The van der Waals surface area contributed by atoms with E-state index in [9.17, 15) is 18.8 Å². The first-order valence-corrected chi connectivity index (χ1v) is 10.8. The van der Waals surface area contributed by atoms with Gasteiger partial charge >= 0.3 is 0 Å². The average molecular weight is 423 g/mol. The summed E-state index contributed by atoms with van der Waals surface area (Å²) in [5, 5.41) is 5.49. The maximum Gasteiger partial charge on any atom is 0.257 e. The van der Waals surface area contributed by atoms with Gasteiger partial charge in [-0.3, -0.25) is 14.4 Å². The number of benzene rings is 2. The lowest BCUT2D eigenvalue weighted by Crippen LogP contribution is -2.58. The van der Waals surface area contributed by atoms with Crippen LogP contribution in [-0.4, -0.2) is 41.2 Å². The monoisotopic (exact) mass is 423 g/mol. The van der Waals surface area contributed by atoms with Crippen molar-refractivity contribution in [3.05, 3.63) is 65.5 Å². The van der Waals surface area contributed by atoms with Gasteiger partial charge in [0.2, 0.25) is 0 Å². The van der Waals surface area contributed by atoms with E-state index in [-0.39, 0.29) is 24.3 Å². The van der Waals surface area contributed by atoms with Crippen molar-refractivity contribution >= 4 is 23.4 Å². The molecule has 2 N–H and O–H groups in total. The Bertz CT molecular complexity index is 988. The molecule has 1 aliphatic carbocycles. The summed E-state index contributed by atoms with van der Waals surface area (Å²) in [6.07, 6.45) is 4.82. The van der Waals surface area contributed by atoms with Crippen molar-refractivity contribution in [3.63, 3.8) is 0 Å². The number of anilines is 1. The van der Waals surface area contributed by atoms with Crippen LogP contribution >= 0.6 is 0 Å². The summed E-state index contributed by atoms with van der Waals surface area (Å²) in [5.41, 5.74) is 1.30. The second-order valence-corrected chi connectivity index (χ2v) is 8.07. The maximum atomic E-state index is 13.9. The number of fused-ring (bicyclic) bond motifs is 1. The molecule has 0 aromatic heterocycles. The van der Waals surface area contributed by atoms with Gasteiger partial charge in [-0.1, -0.05) is 49.6 Å². The Morgan fingerprint density at radius 3 is 2.52 bits per heavy atom. The van der Waals surface area contributed by atoms with Crippen LogP contribution in [0.1, 0.15) is 48.0 Å². The second kappa shape index (κ2) is 9.29. The minimum atomic E-state index is -1.26. The number of nitrogens with one attached hydrogen (secondary N) is 2. The molecule has 0 radical (unpaired) electrons. The maximum absolute atomic E-state index is 13.9. The molecule has 3 amide bonds. The van der Waals surface area contributed by atoms with Crippen molar-refractivity contribution < 1.29 is 18.8 Å². The third-order valence-electron chi connectivity index (χ3n) is 6.04. The zero-order chi connectivity index (χ0) is 21.8. The summed E-state index contributed by atoms with van der Waals surface area (Å²) in [6.45, 7) is 0.170. The topological polar surface area (TPSA) is 78.5 Å². The number of para-hydroxylation sites is 1. The van der Waals surface area contributed by atoms with Crippen LogP contribution in [0.3, 0.4) is 0 Å². The van der Waals surface area contributed by atoms with E-state index in [1.807, 2.05) is 0 Å². The molecule has 1 unspecified atom stereocenters. The first-order chi connectivity index (χ1) is 15.1. The number of carbonyl (C=O) groups is 3. The molecule has 1 heterocycles. The Kier molecular flexibility index (Phi) is 6.30. The van der Waals surface area contributed by atoms with Gasteiger partial charge in [0.05, 0.1) is 11.3 Å². The highest BCUT2D eigenvalue weighted by molar-refractivity contribution is 6.18. The summed E-state index contributed by atoms with van der Waals surface area (Å²) in [6, 6.07) is 11.8. The summed E-state index contributed by atoms with van der Waals surface area (Å²) >= 11 is 0. The molecule has 2 aromatic rings. The fourth-order valence-corrected chi connectivity index (χ4v) is 4.46. The second-order valence-electron chi connectivity index (χ2n) is 8.07. The standard InChI is InChI=1S/C24H26FN3O3/c25-19-12-6-4-8-16(19)14-15-26-22(29)21-23(30)27-20-13-7-5-11-18(20)24(31)28(21)17-9-2-1-3-10-17/h4-8,11-13,17,21H,1-3,9-10,14-15H2,(H,26,29)(H,27,30). The van der Waals surface area contributed by atoms with Crippen LogP contribution in [0, 0.1) is 5.82 Å². The first kappa shape index (κ1) is 21.0. The Hall–Kier alpha value is -3.22. The van der Waals surface area contributed by atoms with Gasteiger partial charge in [-0.25, -0.2) is 4.39 Å². The van der Waals surface area contributed by atoms with Crippen LogP contribution in [-0.2, 0) is 16.0 Å². The summed E-state index contributed by atoms with van der Waals surface area (Å²) in [4.78, 5) is 41.1. The Morgan fingerprint density at radius 1 is 1.03 bits per heavy atom. The lowest BCUT2D eigenvalue weighted by Gasteiger charge is -2.37. The van der Waals surface area contributed by atoms with Gasteiger partial charge in [0.15, 0.2) is 6.04 Å². The fraction of sp³-hybridized carbons (Fsp3) is 0.375. The Morgan fingerprint density at radius 2 is 1.74 bits per heavy atom. The molecule has 31 heavy (non-hydrogen) atoms. The van der Waals surface area contributed by atoms with E-state index in [2.05, 4.69) is 10.6 Å². The SMILES string of the molecule is O=C(NCCc1ccccc1F)C1C(=O)Nc2ccccc2C(=O)N1C1CCCCC1. The highest BCUT2D eigenvalue weighted by atomic mass is 19.1. The molecular weight excluding hydrogens is 397 g/mol. The lowest BCUT2D eigenvalue weighted by molar-refractivity contribution is -0.134. The number of carbonyl (C=O) groups excluding carboxylic acids is 3. The largest absolute Gasteiger partial charge is 0.354 e. The molecule has 4 rings (SSSR count). The molecule has 1 fully saturated rings. The van der Waals surface area contributed by atoms with Gasteiger partial charge in [0.1, 0.15) is 5.82 Å². The van der Waals surface area contributed by atoms with Crippen LogP contribution in [0.5, 0.6) is 0 Å². The molecule has 6 nitrogen and oxygen atoms in total. The smallest absolute Gasteiger partial charge is 0.257 e. The molecular formula is C24H26FN3O3. The number of halogens is 1. The summed E-state index contributed by atoms with van der Waals surface area (Å²) in [5.74, 6) is -1.71. The quantitative estimate of drug-likeness (QED) is 0.725. The highest BCUT2D eigenvalue weighted by Gasteiger charge is 2.43. The predicted molar refractivity (Wildman–Crippen MR) is 115 cm³/mol. The van der Waals surface area contributed by atoms with E-state index in [0.717, 1.165) is 32.1 Å². The third-order valence-corrected chi connectivity index (χ3v) is 6.04. The van der Waals surface area contributed by atoms with Gasteiger partial charge in [0.25, 0.3) is 17.7 Å². The third kappa shape index (κ3) is 4.45. The molecule has 7 heteroatoms. The van der Waals surface area contributed by atoms with Crippen LogP contribution < -0.4 is 10.6 Å². The zero-order valence-electron chi connectivity index (χ0n) is 17.3. The number of hydrogen-bond acceptors (Lipinski definition) is 3. The number of hydrogen-bond donors (Lipinski definition) is 2. The molecule has 1 atom stereocenters. The van der Waals surface area contributed by atoms with Crippen LogP contribution in [0.25, 0.3) is 0 Å². The molecule has 162 valence electrons. The molecule has 1 aliphatic heterocycles. The highest BCUT2D eigenvalue weighted by Crippen LogP contribution is 2.30. The minimum Gasteiger partial charge on any atom is -0.354 e. The van der Waals surface area contributed by atoms with Gasteiger partial charge in [-0.05, 0) is 43.0 Å². The van der Waals surface area contributed by atoms with Crippen molar-refractivity contribution in [2.75, 3.05) is 11.9 Å². The summed E-state index contributed by atoms with van der Waals surface area (Å²) < 4.78 is 13.9. The van der Waals surface area contributed by atoms with Crippen molar-refractivity contribution in [1.82, 2.24) is 10.2 Å². The van der Waals surface area contributed by atoms with Crippen LogP contribution in [0.4, 0.5) is 10.1 Å². The van der Waals surface area contributed by atoms with E-state index < -0.39 is 17.9 Å². The van der Waals surface area contributed by atoms with E-state index in [1.165, 1.54) is 11.0 Å². The molecule has 0 spiro atoms. The summed E-state index contributed by atoms with van der Waals surface area (Å²) in [7, 11) is 0. The van der Waals surface area contributed by atoms with E-state index in [1.54, 1.807) is 42.5 Å². The predicted octanol–water partition coefficient (Wildman–Crippen LogP) is 3.28. The van der Waals surface area contributed by atoms with Crippen LogP contribution in [0.2, 0.25) is 0 Å². The van der Waals surface area contributed by atoms with E-state index in [0.29, 0.717) is 23.2 Å². The minimum absolute atomic E-state index is 0.166. The van der Waals surface area contributed by atoms with Gasteiger partial charge < -0.3 is 15.5 Å². The van der Waals surface area contributed by atoms with Gasteiger partial charge in [0, 0.05) is 12.6 Å². The average Bonchev–Trinajstić information content (AvgIpc) is 2.89. The normalized spacial score (nSPS) is 19.4. The van der Waals surface area contributed by atoms with Gasteiger partial charge in [-0.15, -0.1) is 0 Å². The Labute approximate surface area is 180 Å². The van der Waals surface area contributed by atoms with Crippen LogP contribution in [0.15, 0.2) is 48.5 Å². The number of amides is 3. The number of rotatable bonds is 5. The molecule has 1 saturated carbocycles. The Balaban J connectivity index is 1.57. The van der Waals surface area contributed by atoms with Crippen molar-refractivity contribution in [1.29, 1.82) is 0 Å². The molecule has 2 aliphatic rings. The van der Waals surface area contributed by atoms with E-state index >= 15 is 0 Å². The molecule has 0 bridgehead atoms. The molecule has 0 saturated heterocycles. The van der Waals surface area contributed by atoms with E-state index in [4.69, 9.17) is 0 Å². The lowest BCUT2D eigenvalue weighted by atomic mass is 9.92. The fourth-order valence-electron chi connectivity index (χ4n) is 4.46. The van der Waals surface area contributed by atoms with Crippen molar-refractivity contribution in [2.45, 2.75) is 50.6 Å². The van der Waals surface area contributed by atoms with Crippen molar-refractivity contribution in [2.24, 2.45) is 0 Å². The van der Waals surface area contributed by atoms with Gasteiger partial charge in [-0.2, -0.15) is 0 Å². The molecule has 2 aromatic carbocycles. The first-order valence-electron chi connectivity index (χ1n) is 10.8. The zero-order valence-corrected chi connectivity index (χ0v) is 17.3.